The number of nitrogens with zero attached hydrogens (tertiary/aromatic N) is 1. The van der Waals surface area contributed by atoms with Crippen LogP contribution in [0.5, 0.6) is 5.75 Å². The lowest BCUT2D eigenvalue weighted by atomic mass is 10.1. The van der Waals surface area contributed by atoms with Crippen LogP contribution in [0.25, 0.3) is 0 Å². The van der Waals surface area contributed by atoms with Crippen molar-refractivity contribution in [1.82, 2.24) is 5.32 Å². The summed E-state index contributed by atoms with van der Waals surface area (Å²) >= 11 is 0. The van der Waals surface area contributed by atoms with Crippen molar-refractivity contribution in [2.24, 2.45) is 0 Å². The lowest BCUT2D eigenvalue weighted by Gasteiger charge is -2.20. The van der Waals surface area contributed by atoms with Crippen LogP contribution in [-0.2, 0) is 9.47 Å². The van der Waals surface area contributed by atoms with Crippen molar-refractivity contribution in [3.8, 4) is 5.75 Å². The van der Waals surface area contributed by atoms with Crippen molar-refractivity contribution in [2.75, 3.05) is 39.3 Å². The number of hydrogen-bond donors (Lipinski definition) is 2. The van der Waals surface area contributed by atoms with E-state index in [0.717, 1.165) is 24.3 Å². The summed E-state index contributed by atoms with van der Waals surface area (Å²) in [6.07, 6.45) is 0.135. The maximum absolute atomic E-state index is 10.2. The van der Waals surface area contributed by atoms with Crippen LogP contribution in [0.4, 0.5) is 5.69 Å². The zero-order chi connectivity index (χ0) is 14.7. The average molecular weight is 280 g/mol. The van der Waals surface area contributed by atoms with E-state index in [0.29, 0.717) is 5.75 Å². The summed E-state index contributed by atoms with van der Waals surface area (Å²) in [4.78, 5) is 2.18. The van der Waals surface area contributed by atoms with Crippen LogP contribution in [0.15, 0.2) is 18.2 Å². The molecule has 5 heteroatoms. The highest BCUT2D eigenvalue weighted by Crippen LogP contribution is 2.31. The number of nitrogens with one attached hydrogen (secondary N) is 1. The smallest absolute Gasteiger partial charge is 0.122 e. The van der Waals surface area contributed by atoms with E-state index >= 15 is 0 Å². The Hall–Kier alpha value is -1.30. The van der Waals surface area contributed by atoms with Gasteiger partial charge in [0.1, 0.15) is 18.0 Å². The third kappa shape index (κ3) is 2.90. The molecule has 1 aliphatic rings. The molecular weight excluding hydrogens is 256 g/mol. The van der Waals surface area contributed by atoms with Gasteiger partial charge in [-0.3, -0.25) is 0 Å². The molecule has 3 unspecified atom stereocenters. The van der Waals surface area contributed by atoms with E-state index < -0.39 is 0 Å². The largest absolute Gasteiger partial charge is 0.508 e. The van der Waals surface area contributed by atoms with E-state index in [2.05, 4.69) is 10.2 Å². The summed E-state index contributed by atoms with van der Waals surface area (Å²) in [6.45, 7) is 3.57. The minimum atomic E-state index is 0.0676. The second-order valence-electron chi connectivity index (χ2n) is 5.21. The molecule has 0 bridgehead atoms. The summed E-state index contributed by atoms with van der Waals surface area (Å²) < 4.78 is 10.9. The Kier molecular flexibility index (Phi) is 4.86. The first-order valence-corrected chi connectivity index (χ1v) is 6.91. The molecule has 1 saturated heterocycles. The molecule has 3 atom stereocenters. The first-order chi connectivity index (χ1) is 9.60. The van der Waals surface area contributed by atoms with Crippen molar-refractivity contribution in [2.45, 2.75) is 25.2 Å². The number of benzene rings is 1. The third-order valence-electron chi connectivity index (χ3n) is 4.10. The van der Waals surface area contributed by atoms with E-state index in [1.165, 1.54) is 0 Å². The van der Waals surface area contributed by atoms with E-state index in [9.17, 15) is 5.11 Å². The maximum Gasteiger partial charge on any atom is 0.122 e. The fourth-order valence-electron chi connectivity index (χ4n) is 2.66. The zero-order valence-electron chi connectivity index (χ0n) is 12.6. The van der Waals surface area contributed by atoms with Gasteiger partial charge in [-0.25, -0.2) is 0 Å². The molecule has 0 aliphatic carbocycles. The van der Waals surface area contributed by atoms with Gasteiger partial charge in [0, 0.05) is 50.7 Å². The number of hydrogen-bond acceptors (Lipinski definition) is 5. The Bertz CT molecular complexity index is 441. The Morgan fingerprint density at radius 3 is 2.30 bits per heavy atom. The van der Waals surface area contributed by atoms with Gasteiger partial charge in [0.2, 0.25) is 0 Å². The summed E-state index contributed by atoms with van der Waals surface area (Å²) in [5.41, 5.74) is 1.90. The molecule has 0 aromatic heterocycles. The molecule has 1 aliphatic heterocycles. The number of methoxy groups -OCH3 is 2. The molecule has 1 aromatic rings. The quantitative estimate of drug-likeness (QED) is 0.856. The van der Waals surface area contributed by atoms with Crippen molar-refractivity contribution < 1.29 is 14.6 Å². The SMILES string of the molecule is CNC(C)c1ccc(N2CC(OC)C(OC)C2)cc1O. The van der Waals surface area contributed by atoms with Gasteiger partial charge in [-0.1, -0.05) is 6.07 Å². The molecule has 0 radical (unpaired) electrons. The molecule has 1 heterocycles. The molecule has 2 N–H and O–H groups in total. The first-order valence-electron chi connectivity index (χ1n) is 6.91. The summed E-state index contributed by atoms with van der Waals surface area (Å²) in [5, 5.41) is 13.3. The van der Waals surface area contributed by atoms with E-state index in [-0.39, 0.29) is 18.2 Å². The fraction of sp³-hybridized carbons (Fsp3) is 0.600. The molecular formula is C15H24N2O3. The van der Waals surface area contributed by atoms with Crippen LogP contribution < -0.4 is 10.2 Å². The predicted octanol–water partition coefficient (Wildman–Crippen LogP) is 1.52. The standard InChI is InChI=1S/C15H24N2O3/c1-10(16-2)12-6-5-11(7-13(12)18)17-8-14(19-3)15(9-17)20-4/h5-7,10,14-16,18H,8-9H2,1-4H3. The van der Waals surface area contributed by atoms with Crippen LogP contribution in [0.1, 0.15) is 18.5 Å². The lowest BCUT2D eigenvalue weighted by molar-refractivity contribution is -0.00461. The molecule has 112 valence electrons. The topological polar surface area (TPSA) is 54.0 Å². The Morgan fingerprint density at radius 2 is 1.85 bits per heavy atom. The van der Waals surface area contributed by atoms with Gasteiger partial charge in [0.25, 0.3) is 0 Å². The number of phenols is 1. The van der Waals surface area contributed by atoms with E-state index in [1.54, 1.807) is 14.2 Å². The number of phenolic OH excluding ortho intramolecular Hbond substituents is 1. The van der Waals surface area contributed by atoms with E-state index in [4.69, 9.17) is 9.47 Å². The fourth-order valence-corrected chi connectivity index (χ4v) is 2.66. The molecule has 0 saturated carbocycles. The van der Waals surface area contributed by atoms with Crippen LogP contribution in [-0.4, -0.2) is 51.7 Å². The van der Waals surface area contributed by atoms with Gasteiger partial charge in [0.15, 0.2) is 0 Å². The van der Waals surface area contributed by atoms with Crippen molar-refractivity contribution >= 4 is 5.69 Å². The Morgan fingerprint density at radius 1 is 1.25 bits per heavy atom. The van der Waals surface area contributed by atoms with Crippen LogP contribution >= 0.6 is 0 Å². The highest BCUT2D eigenvalue weighted by atomic mass is 16.5. The van der Waals surface area contributed by atoms with Gasteiger partial charge < -0.3 is 24.8 Å². The number of anilines is 1. The highest BCUT2D eigenvalue weighted by Gasteiger charge is 2.33. The van der Waals surface area contributed by atoms with Crippen LogP contribution in [0, 0.1) is 0 Å². The Labute approximate surface area is 120 Å². The molecule has 20 heavy (non-hydrogen) atoms. The maximum atomic E-state index is 10.2. The summed E-state index contributed by atoms with van der Waals surface area (Å²) in [7, 11) is 5.29. The minimum Gasteiger partial charge on any atom is -0.508 e. The molecule has 2 rings (SSSR count). The van der Waals surface area contributed by atoms with Gasteiger partial charge >= 0.3 is 0 Å². The summed E-state index contributed by atoms with van der Waals surface area (Å²) in [5.74, 6) is 0.319. The average Bonchev–Trinajstić information content (AvgIpc) is 2.89. The number of ether oxygens (including phenoxy) is 2. The number of aromatic hydroxyl groups is 1. The number of rotatable bonds is 5. The van der Waals surface area contributed by atoms with Crippen molar-refractivity contribution in [3.05, 3.63) is 23.8 Å². The van der Waals surface area contributed by atoms with Crippen molar-refractivity contribution in [3.63, 3.8) is 0 Å². The third-order valence-corrected chi connectivity index (χ3v) is 4.10. The lowest BCUT2D eigenvalue weighted by Crippen LogP contribution is -2.27. The van der Waals surface area contributed by atoms with E-state index in [1.807, 2.05) is 32.2 Å². The molecule has 0 amide bonds. The normalized spacial score (nSPS) is 24.1. The molecule has 5 nitrogen and oxygen atoms in total. The molecule has 0 spiro atoms. The highest BCUT2D eigenvalue weighted by molar-refractivity contribution is 5.55. The monoisotopic (exact) mass is 280 g/mol. The van der Waals surface area contributed by atoms with Crippen molar-refractivity contribution in [1.29, 1.82) is 0 Å². The van der Waals surface area contributed by atoms with Crippen LogP contribution in [0.2, 0.25) is 0 Å². The minimum absolute atomic E-state index is 0.0676. The second-order valence-corrected chi connectivity index (χ2v) is 5.21. The van der Waals surface area contributed by atoms with Gasteiger partial charge in [-0.05, 0) is 20.0 Å². The molecule has 1 aromatic carbocycles. The predicted molar refractivity (Wildman–Crippen MR) is 79.4 cm³/mol. The van der Waals surface area contributed by atoms with Gasteiger partial charge in [-0.15, -0.1) is 0 Å². The van der Waals surface area contributed by atoms with Gasteiger partial charge in [-0.2, -0.15) is 0 Å². The van der Waals surface area contributed by atoms with Crippen LogP contribution in [0.3, 0.4) is 0 Å². The first kappa shape index (κ1) is 15.1. The molecule has 1 fully saturated rings. The van der Waals surface area contributed by atoms with Gasteiger partial charge in [0.05, 0.1) is 0 Å². The summed E-state index contributed by atoms with van der Waals surface area (Å²) in [6, 6.07) is 5.94. The second kappa shape index (κ2) is 6.43. The Balaban J connectivity index is 2.16. The zero-order valence-corrected chi connectivity index (χ0v) is 12.6.